The molecule has 5 atom stereocenters. The lowest BCUT2D eigenvalue weighted by atomic mass is 9.95. The van der Waals surface area contributed by atoms with E-state index < -0.39 is 53.8 Å². The lowest BCUT2D eigenvalue weighted by Gasteiger charge is -2.28. The van der Waals surface area contributed by atoms with Crippen LogP contribution in [0.3, 0.4) is 0 Å². The number of hydrogen-bond acceptors (Lipinski definition) is 6. The Kier molecular flexibility index (Phi) is 11.5. The molecule has 5 unspecified atom stereocenters. The van der Waals surface area contributed by atoms with Crippen LogP contribution in [0, 0.1) is 11.8 Å². The number of carbonyl (C=O) groups excluding carboxylic acids is 3. The Morgan fingerprint density at radius 2 is 1.56 bits per heavy atom. The maximum atomic E-state index is 13.6. The van der Waals surface area contributed by atoms with Crippen LogP contribution in [0.5, 0.6) is 0 Å². The van der Waals surface area contributed by atoms with E-state index in [9.17, 15) is 29.1 Å². The predicted molar refractivity (Wildman–Crippen MR) is 145 cm³/mol. The topological polar surface area (TPSA) is 204 Å². The lowest BCUT2D eigenvalue weighted by Crippen LogP contribution is -2.59. The largest absolute Gasteiger partial charge is 0.481 e. The van der Waals surface area contributed by atoms with E-state index in [4.69, 9.17) is 10.8 Å². The van der Waals surface area contributed by atoms with Crippen LogP contribution in [-0.2, 0) is 30.4 Å². The molecule has 1 aromatic heterocycles. The minimum atomic E-state index is -1.19. The quantitative estimate of drug-likeness (QED) is 0.172. The lowest BCUT2D eigenvalue weighted by molar-refractivity contribution is -0.144. The standard InChI is InChI=1S/C27H39N5O7/c1-5-15(4)23(26(37)31-22(14(2)3)27(38)39)32-25(36)20(30-24(35)18(28)10-11-21(33)34)12-16-13-29-19-9-7-6-8-17(16)19/h6-9,13-15,18,20,22-23,29H,5,10-12,28H2,1-4H3,(H,30,35)(H,31,37)(H,32,36)(H,33,34)(H,38,39). The summed E-state index contributed by atoms with van der Waals surface area (Å²) in [5, 5.41) is 27.1. The second-order valence-corrected chi connectivity index (χ2v) is 10.1. The fourth-order valence-electron chi connectivity index (χ4n) is 4.13. The molecule has 3 amide bonds. The number of fused-ring (bicyclic) bond motifs is 1. The van der Waals surface area contributed by atoms with E-state index in [0.29, 0.717) is 6.42 Å². The van der Waals surface area contributed by atoms with Crippen LogP contribution in [0.15, 0.2) is 30.5 Å². The van der Waals surface area contributed by atoms with Crippen molar-refractivity contribution in [2.45, 2.75) is 77.5 Å². The normalized spacial score (nSPS) is 15.1. The maximum Gasteiger partial charge on any atom is 0.326 e. The van der Waals surface area contributed by atoms with Gasteiger partial charge in [0, 0.05) is 29.9 Å². The van der Waals surface area contributed by atoms with Crippen molar-refractivity contribution in [3.05, 3.63) is 36.0 Å². The molecule has 0 fully saturated rings. The molecule has 0 aliphatic rings. The number of hydrogen-bond donors (Lipinski definition) is 7. The SMILES string of the molecule is CCC(C)C(NC(=O)C(Cc1c[nH]c2ccccc12)NC(=O)C(N)CCC(=O)O)C(=O)NC(C(=O)O)C(C)C. The van der Waals surface area contributed by atoms with Gasteiger partial charge in [0.15, 0.2) is 0 Å². The van der Waals surface area contributed by atoms with Gasteiger partial charge < -0.3 is 36.9 Å². The summed E-state index contributed by atoms with van der Waals surface area (Å²) in [6.45, 7) is 6.91. The first-order valence-corrected chi connectivity index (χ1v) is 13.0. The Morgan fingerprint density at radius 3 is 2.15 bits per heavy atom. The highest BCUT2D eigenvalue weighted by Crippen LogP contribution is 2.20. The van der Waals surface area contributed by atoms with Gasteiger partial charge >= 0.3 is 11.9 Å². The van der Waals surface area contributed by atoms with Crippen molar-refractivity contribution in [2.75, 3.05) is 0 Å². The Hall–Kier alpha value is -3.93. The first kappa shape index (κ1) is 31.3. The molecule has 8 N–H and O–H groups in total. The number of carbonyl (C=O) groups is 5. The van der Waals surface area contributed by atoms with Gasteiger partial charge in [-0.25, -0.2) is 4.79 Å². The van der Waals surface area contributed by atoms with Crippen molar-refractivity contribution in [3.63, 3.8) is 0 Å². The van der Waals surface area contributed by atoms with Crippen molar-refractivity contribution in [1.82, 2.24) is 20.9 Å². The van der Waals surface area contributed by atoms with Crippen LogP contribution < -0.4 is 21.7 Å². The number of amides is 3. The van der Waals surface area contributed by atoms with E-state index in [0.717, 1.165) is 16.5 Å². The van der Waals surface area contributed by atoms with Crippen LogP contribution in [0.2, 0.25) is 0 Å². The number of benzene rings is 1. The summed E-state index contributed by atoms with van der Waals surface area (Å²) < 4.78 is 0. The third-order valence-corrected chi connectivity index (χ3v) is 6.76. The molecule has 0 aliphatic heterocycles. The summed E-state index contributed by atoms with van der Waals surface area (Å²) in [6.07, 6.45) is 1.86. The monoisotopic (exact) mass is 545 g/mol. The van der Waals surface area contributed by atoms with Crippen molar-refractivity contribution >= 4 is 40.6 Å². The summed E-state index contributed by atoms with van der Waals surface area (Å²) >= 11 is 0. The number of aromatic nitrogens is 1. The number of aromatic amines is 1. The summed E-state index contributed by atoms with van der Waals surface area (Å²) in [4.78, 5) is 65.1. The Morgan fingerprint density at radius 1 is 0.923 bits per heavy atom. The Balaban J connectivity index is 2.32. The van der Waals surface area contributed by atoms with Crippen LogP contribution in [-0.4, -0.2) is 69.0 Å². The summed E-state index contributed by atoms with van der Waals surface area (Å²) in [5.74, 6) is -5.03. The molecule has 39 heavy (non-hydrogen) atoms. The summed E-state index contributed by atoms with van der Waals surface area (Å²) in [7, 11) is 0. The number of carboxylic acid groups (broad SMARTS) is 2. The van der Waals surface area contributed by atoms with Gasteiger partial charge in [-0.1, -0.05) is 52.3 Å². The zero-order valence-electron chi connectivity index (χ0n) is 22.7. The van der Waals surface area contributed by atoms with E-state index in [2.05, 4.69) is 20.9 Å². The highest BCUT2D eigenvalue weighted by Gasteiger charge is 2.34. The molecular formula is C27H39N5O7. The number of nitrogens with two attached hydrogens (primary N) is 1. The van der Waals surface area contributed by atoms with Gasteiger partial charge in [-0.15, -0.1) is 0 Å². The van der Waals surface area contributed by atoms with Gasteiger partial charge in [0.05, 0.1) is 6.04 Å². The van der Waals surface area contributed by atoms with Crippen molar-refractivity contribution in [2.24, 2.45) is 17.6 Å². The molecule has 2 rings (SSSR count). The smallest absolute Gasteiger partial charge is 0.326 e. The van der Waals surface area contributed by atoms with Crippen molar-refractivity contribution < 1.29 is 34.2 Å². The first-order valence-electron chi connectivity index (χ1n) is 13.0. The van der Waals surface area contributed by atoms with E-state index >= 15 is 0 Å². The van der Waals surface area contributed by atoms with Crippen LogP contribution in [0.25, 0.3) is 10.9 Å². The van der Waals surface area contributed by atoms with Crippen molar-refractivity contribution in [1.29, 1.82) is 0 Å². The summed E-state index contributed by atoms with van der Waals surface area (Å²) in [5.41, 5.74) is 7.45. The van der Waals surface area contributed by atoms with Crippen LogP contribution in [0.1, 0.15) is 52.5 Å². The third kappa shape index (κ3) is 8.81. The van der Waals surface area contributed by atoms with Gasteiger partial charge in [0.1, 0.15) is 18.1 Å². The zero-order valence-corrected chi connectivity index (χ0v) is 22.7. The van der Waals surface area contributed by atoms with Crippen LogP contribution in [0.4, 0.5) is 0 Å². The second kappa shape index (κ2) is 14.3. The Bertz CT molecular complexity index is 1180. The fourth-order valence-corrected chi connectivity index (χ4v) is 4.13. The average Bonchev–Trinajstić information content (AvgIpc) is 3.29. The molecule has 12 heteroatoms. The molecule has 1 aromatic carbocycles. The highest BCUT2D eigenvalue weighted by molar-refractivity contribution is 5.95. The van der Waals surface area contributed by atoms with E-state index in [1.54, 1.807) is 27.0 Å². The highest BCUT2D eigenvalue weighted by atomic mass is 16.4. The molecule has 1 heterocycles. The molecule has 214 valence electrons. The third-order valence-electron chi connectivity index (χ3n) is 6.76. The molecule has 0 bridgehead atoms. The first-order chi connectivity index (χ1) is 18.3. The Labute approximate surface area is 227 Å². The molecule has 0 saturated carbocycles. The fraction of sp³-hybridized carbons (Fsp3) is 0.519. The molecule has 0 radical (unpaired) electrons. The average molecular weight is 546 g/mol. The number of H-pyrrole nitrogens is 1. The molecule has 0 saturated heterocycles. The van der Waals surface area contributed by atoms with Gasteiger partial charge in [0.25, 0.3) is 0 Å². The predicted octanol–water partition coefficient (Wildman–Crippen LogP) is 1.14. The molecule has 12 nitrogen and oxygen atoms in total. The zero-order chi connectivity index (χ0) is 29.3. The van der Waals surface area contributed by atoms with Gasteiger partial charge in [0.2, 0.25) is 17.7 Å². The number of nitrogens with one attached hydrogen (secondary N) is 4. The van der Waals surface area contributed by atoms with Gasteiger partial charge in [-0.2, -0.15) is 0 Å². The number of aliphatic carboxylic acids is 2. The number of carboxylic acids is 2. The van der Waals surface area contributed by atoms with Crippen molar-refractivity contribution in [3.8, 4) is 0 Å². The van der Waals surface area contributed by atoms with Gasteiger partial charge in [-0.3, -0.25) is 19.2 Å². The van der Waals surface area contributed by atoms with E-state index in [-0.39, 0.29) is 31.1 Å². The second-order valence-electron chi connectivity index (χ2n) is 10.1. The minimum Gasteiger partial charge on any atom is -0.481 e. The molecule has 2 aromatic rings. The molecular weight excluding hydrogens is 506 g/mol. The molecule has 0 spiro atoms. The summed E-state index contributed by atoms with van der Waals surface area (Å²) in [6, 6.07) is 2.91. The van der Waals surface area contributed by atoms with E-state index in [1.807, 2.05) is 31.2 Å². The number of rotatable bonds is 15. The van der Waals surface area contributed by atoms with E-state index in [1.165, 1.54) is 0 Å². The van der Waals surface area contributed by atoms with Gasteiger partial charge in [-0.05, 0) is 29.9 Å². The van der Waals surface area contributed by atoms with Crippen LogP contribution >= 0.6 is 0 Å². The minimum absolute atomic E-state index is 0.0613. The molecule has 0 aliphatic carbocycles. The maximum absolute atomic E-state index is 13.6. The number of para-hydroxylation sites is 1.